The maximum absolute atomic E-state index is 12.2. The zero-order chi connectivity index (χ0) is 17.0. The molecule has 0 spiro atoms. The first-order valence-electron chi connectivity index (χ1n) is 7.62. The number of piperidine rings is 1. The van der Waals surface area contributed by atoms with Gasteiger partial charge in [0, 0.05) is 26.1 Å². The zero-order valence-electron chi connectivity index (χ0n) is 13.5. The van der Waals surface area contributed by atoms with Gasteiger partial charge in [-0.05, 0) is 51.9 Å². The van der Waals surface area contributed by atoms with Crippen molar-refractivity contribution < 1.29 is 27.8 Å². The standard InChI is InChI=1S/C15H26F3NO3/c1-13(2,3)22-12(21)19-9-7-14(11-20,8-10-19)5-4-6-15(16,17)18/h20H,4-11H2,1-3H3. The molecule has 1 saturated heterocycles. The number of halogens is 3. The Morgan fingerprint density at radius 3 is 2.18 bits per heavy atom. The maximum atomic E-state index is 12.2. The van der Waals surface area contributed by atoms with E-state index < -0.39 is 29.7 Å². The van der Waals surface area contributed by atoms with E-state index in [1.54, 1.807) is 25.7 Å². The molecule has 1 aliphatic rings. The molecule has 0 aromatic heterocycles. The molecule has 1 rings (SSSR count). The van der Waals surface area contributed by atoms with Crippen LogP contribution in [-0.2, 0) is 4.74 Å². The number of hydrogen-bond acceptors (Lipinski definition) is 3. The van der Waals surface area contributed by atoms with Gasteiger partial charge in [-0.1, -0.05) is 0 Å². The van der Waals surface area contributed by atoms with E-state index in [9.17, 15) is 23.1 Å². The molecular formula is C15H26F3NO3. The van der Waals surface area contributed by atoms with Crippen LogP contribution in [0.1, 0.15) is 52.9 Å². The highest BCUT2D eigenvalue weighted by molar-refractivity contribution is 5.68. The topological polar surface area (TPSA) is 49.8 Å². The van der Waals surface area contributed by atoms with Crippen LogP contribution in [-0.4, -0.2) is 47.6 Å². The quantitative estimate of drug-likeness (QED) is 0.857. The number of amides is 1. The highest BCUT2D eigenvalue weighted by Gasteiger charge is 2.37. The summed E-state index contributed by atoms with van der Waals surface area (Å²) < 4.78 is 42.0. The number of aliphatic hydroxyl groups is 1. The van der Waals surface area contributed by atoms with Crippen LogP contribution in [0, 0.1) is 5.41 Å². The minimum Gasteiger partial charge on any atom is -0.444 e. The van der Waals surface area contributed by atoms with E-state index in [2.05, 4.69) is 0 Å². The number of aliphatic hydroxyl groups excluding tert-OH is 1. The Morgan fingerprint density at radius 1 is 1.23 bits per heavy atom. The van der Waals surface area contributed by atoms with Crippen LogP contribution in [0.15, 0.2) is 0 Å². The Balaban J connectivity index is 2.48. The van der Waals surface area contributed by atoms with Crippen molar-refractivity contribution in [3.63, 3.8) is 0 Å². The molecule has 0 atom stereocenters. The van der Waals surface area contributed by atoms with Gasteiger partial charge in [0.1, 0.15) is 5.60 Å². The van der Waals surface area contributed by atoms with E-state index in [0.717, 1.165) is 0 Å². The van der Waals surface area contributed by atoms with Gasteiger partial charge in [0.25, 0.3) is 0 Å². The molecule has 1 fully saturated rings. The molecule has 0 unspecified atom stereocenters. The normalized spacial score (nSPS) is 19.1. The Bertz CT molecular complexity index is 369. The summed E-state index contributed by atoms with van der Waals surface area (Å²) in [4.78, 5) is 13.5. The molecule has 0 aromatic rings. The van der Waals surface area contributed by atoms with Gasteiger partial charge < -0.3 is 14.7 Å². The van der Waals surface area contributed by atoms with Gasteiger partial charge >= 0.3 is 12.3 Å². The van der Waals surface area contributed by atoms with Crippen LogP contribution in [0.25, 0.3) is 0 Å². The van der Waals surface area contributed by atoms with Crippen molar-refractivity contribution in [1.29, 1.82) is 0 Å². The van der Waals surface area contributed by atoms with Gasteiger partial charge in [-0.25, -0.2) is 4.79 Å². The van der Waals surface area contributed by atoms with Crippen molar-refractivity contribution in [3.8, 4) is 0 Å². The van der Waals surface area contributed by atoms with Gasteiger partial charge in [0.05, 0.1) is 0 Å². The second-order valence-corrected chi connectivity index (χ2v) is 7.09. The zero-order valence-corrected chi connectivity index (χ0v) is 13.5. The SMILES string of the molecule is CC(C)(C)OC(=O)N1CCC(CO)(CCCC(F)(F)F)CC1. The summed E-state index contributed by atoms with van der Waals surface area (Å²) >= 11 is 0. The molecule has 0 saturated carbocycles. The average Bonchev–Trinajstić information content (AvgIpc) is 2.36. The van der Waals surface area contributed by atoms with Gasteiger partial charge in [0.2, 0.25) is 0 Å². The summed E-state index contributed by atoms with van der Waals surface area (Å²) in [6.07, 6.45) is -4.06. The summed E-state index contributed by atoms with van der Waals surface area (Å²) in [5.41, 5.74) is -1.08. The van der Waals surface area contributed by atoms with Crippen molar-refractivity contribution >= 4 is 6.09 Å². The molecule has 1 aliphatic heterocycles. The lowest BCUT2D eigenvalue weighted by Crippen LogP contribution is -2.46. The van der Waals surface area contributed by atoms with E-state index in [1.165, 1.54) is 0 Å². The first-order chi connectivity index (χ1) is 9.96. The number of carbonyl (C=O) groups excluding carboxylic acids is 1. The molecule has 1 amide bonds. The number of ether oxygens (including phenoxy) is 1. The van der Waals surface area contributed by atoms with Crippen LogP contribution in [0.5, 0.6) is 0 Å². The van der Waals surface area contributed by atoms with Crippen molar-refractivity contribution in [2.75, 3.05) is 19.7 Å². The van der Waals surface area contributed by atoms with E-state index >= 15 is 0 Å². The Kier molecular flexibility index (Phi) is 6.12. The lowest BCUT2D eigenvalue weighted by atomic mass is 9.75. The lowest BCUT2D eigenvalue weighted by molar-refractivity contribution is -0.137. The Hall–Kier alpha value is -0.980. The first kappa shape index (κ1) is 19.1. The number of likely N-dealkylation sites (tertiary alicyclic amines) is 1. The van der Waals surface area contributed by atoms with E-state index in [0.29, 0.717) is 32.4 Å². The molecule has 0 radical (unpaired) electrons. The van der Waals surface area contributed by atoms with E-state index in [1.807, 2.05) is 0 Å². The van der Waals surface area contributed by atoms with Gasteiger partial charge in [-0.15, -0.1) is 0 Å². The monoisotopic (exact) mass is 325 g/mol. The molecule has 0 bridgehead atoms. The number of rotatable bonds is 4. The molecule has 0 aromatic carbocycles. The number of carbonyl (C=O) groups is 1. The van der Waals surface area contributed by atoms with Crippen LogP contribution in [0.2, 0.25) is 0 Å². The fraction of sp³-hybridized carbons (Fsp3) is 0.933. The molecule has 130 valence electrons. The molecule has 4 nitrogen and oxygen atoms in total. The van der Waals surface area contributed by atoms with E-state index in [4.69, 9.17) is 4.74 Å². The summed E-state index contributed by atoms with van der Waals surface area (Å²) in [6, 6.07) is 0. The van der Waals surface area contributed by atoms with Crippen molar-refractivity contribution in [1.82, 2.24) is 4.90 Å². The number of alkyl halides is 3. The summed E-state index contributed by atoms with van der Waals surface area (Å²) in [7, 11) is 0. The average molecular weight is 325 g/mol. The maximum Gasteiger partial charge on any atom is 0.410 e. The van der Waals surface area contributed by atoms with Crippen LogP contribution in [0.4, 0.5) is 18.0 Å². The van der Waals surface area contributed by atoms with Crippen LogP contribution in [0.3, 0.4) is 0 Å². The predicted molar refractivity (Wildman–Crippen MR) is 76.5 cm³/mol. The fourth-order valence-electron chi connectivity index (χ4n) is 2.64. The second kappa shape index (κ2) is 7.06. The predicted octanol–water partition coefficient (Wildman–Crippen LogP) is 3.73. The summed E-state index contributed by atoms with van der Waals surface area (Å²) in [6.45, 7) is 6.01. The van der Waals surface area contributed by atoms with Crippen molar-refractivity contribution in [3.05, 3.63) is 0 Å². The Morgan fingerprint density at radius 2 is 1.77 bits per heavy atom. The lowest BCUT2D eigenvalue weighted by Gasteiger charge is -2.41. The molecule has 22 heavy (non-hydrogen) atoms. The first-order valence-corrected chi connectivity index (χ1v) is 7.62. The van der Waals surface area contributed by atoms with E-state index in [-0.39, 0.29) is 13.0 Å². The fourth-order valence-corrected chi connectivity index (χ4v) is 2.64. The van der Waals surface area contributed by atoms with Crippen molar-refractivity contribution in [2.24, 2.45) is 5.41 Å². The third kappa shape index (κ3) is 6.42. The van der Waals surface area contributed by atoms with Gasteiger partial charge in [0.15, 0.2) is 0 Å². The minimum atomic E-state index is -4.16. The van der Waals surface area contributed by atoms with Crippen molar-refractivity contribution in [2.45, 2.75) is 64.7 Å². The highest BCUT2D eigenvalue weighted by Crippen LogP contribution is 2.38. The highest BCUT2D eigenvalue weighted by atomic mass is 19.4. The second-order valence-electron chi connectivity index (χ2n) is 7.09. The minimum absolute atomic E-state index is 0.0104. The molecule has 0 aliphatic carbocycles. The van der Waals surface area contributed by atoms with Gasteiger partial charge in [-0.3, -0.25) is 0 Å². The Labute approximate surface area is 129 Å². The molecule has 1 N–H and O–H groups in total. The summed E-state index contributed by atoms with van der Waals surface area (Å²) in [5.74, 6) is 0. The third-order valence-corrected chi connectivity index (χ3v) is 3.98. The third-order valence-electron chi connectivity index (χ3n) is 3.98. The summed E-state index contributed by atoms with van der Waals surface area (Å²) in [5, 5.41) is 9.57. The molecular weight excluding hydrogens is 299 g/mol. The number of nitrogens with zero attached hydrogens (tertiary/aromatic N) is 1. The van der Waals surface area contributed by atoms with Crippen LogP contribution < -0.4 is 0 Å². The molecule has 1 heterocycles. The molecule has 7 heteroatoms. The van der Waals surface area contributed by atoms with Gasteiger partial charge in [-0.2, -0.15) is 13.2 Å². The smallest absolute Gasteiger partial charge is 0.410 e. The van der Waals surface area contributed by atoms with Crippen LogP contribution >= 0.6 is 0 Å². The number of hydrogen-bond donors (Lipinski definition) is 1. The largest absolute Gasteiger partial charge is 0.444 e.